The summed E-state index contributed by atoms with van der Waals surface area (Å²) in [6.07, 6.45) is 0.194. The number of phenols is 2. The van der Waals surface area contributed by atoms with Crippen molar-refractivity contribution in [3.8, 4) is 11.5 Å². The molecule has 0 bridgehead atoms. The minimum atomic E-state index is -0.0115. The molecule has 2 atom stereocenters. The molecular weight excluding hydrogens is 218 g/mol. The highest BCUT2D eigenvalue weighted by molar-refractivity contribution is 5.45. The van der Waals surface area contributed by atoms with Crippen molar-refractivity contribution in [2.45, 2.75) is 26.0 Å². The summed E-state index contributed by atoms with van der Waals surface area (Å²) < 4.78 is 5.49. The van der Waals surface area contributed by atoms with E-state index in [0.29, 0.717) is 12.2 Å². The van der Waals surface area contributed by atoms with Crippen LogP contribution in [-0.4, -0.2) is 40.9 Å². The van der Waals surface area contributed by atoms with E-state index in [1.165, 1.54) is 0 Å². The topological polar surface area (TPSA) is 52.9 Å². The zero-order valence-corrected chi connectivity index (χ0v) is 10.3. The van der Waals surface area contributed by atoms with E-state index in [-0.39, 0.29) is 23.6 Å². The molecule has 1 saturated heterocycles. The first-order valence-electron chi connectivity index (χ1n) is 5.96. The van der Waals surface area contributed by atoms with Crippen LogP contribution in [0.2, 0.25) is 0 Å². The van der Waals surface area contributed by atoms with Gasteiger partial charge in [-0.15, -0.1) is 0 Å². The summed E-state index contributed by atoms with van der Waals surface area (Å²) in [7, 11) is 0. The Kier molecular flexibility index (Phi) is 3.54. The molecule has 4 nitrogen and oxygen atoms in total. The summed E-state index contributed by atoms with van der Waals surface area (Å²) in [5.74, 6) is 0.299. The lowest BCUT2D eigenvalue weighted by Crippen LogP contribution is -2.42. The van der Waals surface area contributed by atoms with Crippen LogP contribution in [0.25, 0.3) is 0 Å². The Morgan fingerprint density at radius 1 is 1.35 bits per heavy atom. The fourth-order valence-corrected chi connectivity index (χ4v) is 2.35. The Labute approximate surface area is 101 Å². The summed E-state index contributed by atoms with van der Waals surface area (Å²) in [5.41, 5.74) is 0.599. The molecule has 17 heavy (non-hydrogen) atoms. The first kappa shape index (κ1) is 12.2. The Hall–Kier alpha value is -1.26. The normalized spacial score (nSPS) is 23.5. The molecule has 2 unspecified atom stereocenters. The molecule has 1 aliphatic rings. The van der Waals surface area contributed by atoms with E-state index in [1.54, 1.807) is 18.2 Å². The molecule has 0 saturated carbocycles. The molecule has 94 valence electrons. The third-order valence-corrected chi connectivity index (χ3v) is 3.30. The summed E-state index contributed by atoms with van der Waals surface area (Å²) in [5, 5.41) is 19.7. The van der Waals surface area contributed by atoms with E-state index in [9.17, 15) is 10.2 Å². The van der Waals surface area contributed by atoms with Crippen LogP contribution >= 0.6 is 0 Å². The lowest BCUT2D eigenvalue weighted by atomic mass is 10.0. The molecule has 0 radical (unpaired) electrons. The van der Waals surface area contributed by atoms with E-state index in [0.717, 1.165) is 13.1 Å². The molecule has 0 amide bonds. The number of morpholine rings is 1. The molecule has 1 aliphatic heterocycles. The van der Waals surface area contributed by atoms with Gasteiger partial charge in [-0.05, 0) is 26.0 Å². The zero-order chi connectivity index (χ0) is 12.4. The maximum Gasteiger partial charge on any atom is 0.124 e. The fraction of sp³-hybridized carbons (Fsp3) is 0.538. The van der Waals surface area contributed by atoms with Crippen molar-refractivity contribution in [2.75, 3.05) is 19.7 Å². The first-order chi connectivity index (χ1) is 8.09. The highest BCUT2D eigenvalue weighted by Crippen LogP contribution is 2.35. The second-order valence-corrected chi connectivity index (χ2v) is 4.56. The number of ether oxygens (including phenoxy) is 1. The van der Waals surface area contributed by atoms with Gasteiger partial charge in [0.15, 0.2) is 0 Å². The second kappa shape index (κ2) is 4.94. The van der Waals surface area contributed by atoms with Crippen molar-refractivity contribution in [1.29, 1.82) is 0 Å². The second-order valence-electron chi connectivity index (χ2n) is 4.56. The largest absolute Gasteiger partial charge is 0.507 e. The van der Waals surface area contributed by atoms with Gasteiger partial charge in [-0.2, -0.15) is 0 Å². The van der Waals surface area contributed by atoms with Crippen LogP contribution in [0.1, 0.15) is 25.5 Å². The molecule has 1 aromatic carbocycles. The van der Waals surface area contributed by atoms with Gasteiger partial charge < -0.3 is 14.9 Å². The lowest BCUT2D eigenvalue weighted by Gasteiger charge is -2.36. The maximum atomic E-state index is 9.84. The van der Waals surface area contributed by atoms with Crippen molar-refractivity contribution < 1.29 is 14.9 Å². The van der Waals surface area contributed by atoms with Gasteiger partial charge in [0.2, 0.25) is 0 Å². The molecule has 1 aromatic rings. The van der Waals surface area contributed by atoms with Gasteiger partial charge in [0.1, 0.15) is 11.5 Å². The Morgan fingerprint density at radius 3 is 2.59 bits per heavy atom. The predicted molar refractivity (Wildman–Crippen MR) is 65.2 cm³/mol. The molecule has 4 heteroatoms. The molecule has 2 N–H and O–H groups in total. The van der Waals surface area contributed by atoms with Gasteiger partial charge >= 0.3 is 0 Å². The molecule has 0 aliphatic carbocycles. The van der Waals surface area contributed by atoms with E-state index in [2.05, 4.69) is 4.90 Å². The van der Waals surface area contributed by atoms with Crippen LogP contribution in [0.4, 0.5) is 0 Å². The Balaban J connectivity index is 2.21. The SMILES string of the molecule is CC1CN(C(C)c2c(O)cccc2O)CCO1. The fourth-order valence-electron chi connectivity index (χ4n) is 2.35. The molecule has 0 aromatic heterocycles. The number of aromatic hydroxyl groups is 2. The van der Waals surface area contributed by atoms with E-state index >= 15 is 0 Å². The average molecular weight is 237 g/mol. The monoisotopic (exact) mass is 237 g/mol. The van der Waals surface area contributed by atoms with Crippen LogP contribution in [0.15, 0.2) is 18.2 Å². The van der Waals surface area contributed by atoms with Crippen LogP contribution in [-0.2, 0) is 4.74 Å². The van der Waals surface area contributed by atoms with E-state index in [1.807, 2.05) is 13.8 Å². The number of hydrogen-bond acceptors (Lipinski definition) is 4. The number of rotatable bonds is 2. The number of benzene rings is 1. The number of hydrogen-bond donors (Lipinski definition) is 2. The van der Waals surface area contributed by atoms with Crippen molar-refractivity contribution in [2.24, 2.45) is 0 Å². The predicted octanol–water partition coefficient (Wildman–Crippen LogP) is 1.88. The third kappa shape index (κ3) is 2.53. The molecule has 2 rings (SSSR count). The van der Waals surface area contributed by atoms with Gasteiger partial charge in [-0.3, -0.25) is 4.90 Å². The molecule has 1 fully saturated rings. The number of nitrogens with zero attached hydrogens (tertiary/aromatic N) is 1. The highest BCUT2D eigenvalue weighted by Gasteiger charge is 2.25. The van der Waals surface area contributed by atoms with Crippen LogP contribution in [0, 0.1) is 0 Å². The van der Waals surface area contributed by atoms with Crippen molar-refractivity contribution >= 4 is 0 Å². The summed E-state index contributed by atoms with van der Waals surface area (Å²) in [6, 6.07) is 4.84. The van der Waals surface area contributed by atoms with Gasteiger partial charge in [0, 0.05) is 19.1 Å². The lowest BCUT2D eigenvalue weighted by molar-refractivity contribution is -0.0324. The van der Waals surface area contributed by atoms with Crippen LogP contribution in [0.3, 0.4) is 0 Å². The standard InChI is InChI=1S/C13H19NO3/c1-9-8-14(6-7-17-9)10(2)13-11(15)4-3-5-12(13)16/h3-5,9-10,15-16H,6-8H2,1-2H3. The van der Waals surface area contributed by atoms with Crippen molar-refractivity contribution in [3.05, 3.63) is 23.8 Å². The average Bonchev–Trinajstić information content (AvgIpc) is 2.28. The Bertz CT molecular complexity index is 374. The summed E-state index contributed by atoms with van der Waals surface area (Å²) >= 11 is 0. The molecule has 1 heterocycles. The summed E-state index contributed by atoms with van der Waals surface area (Å²) in [6.45, 7) is 6.35. The zero-order valence-electron chi connectivity index (χ0n) is 10.3. The smallest absolute Gasteiger partial charge is 0.124 e. The van der Waals surface area contributed by atoms with Crippen LogP contribution in [0.5, 0.6) is 11.5 Å². The van der Waals surface area contributed by atoms with Gasteiger partial charge in [-0.25, -0.2) is 0 Å². The van der Waals surface area contributed by atoms with Gasteiger partial charge in [0.05, 0.1) is 18.3 Å². The Morgan fingerprint density at radius 2 is 2.00 bits per heavy atom. The quantitative estimate of drug-likeness (QED) is 0.824. The molecular formula is C13H19NO3. The number of phenolic OH excluding ortho intramolecular Hbond substituents is 2. The van der Waals surface area contributed by atoms with Gasteiger partial charge in [0.25, 0.3) is 0 Å². The van der Waals surface area contributed by atoms with Crippen molar-refractivity contribution in [1.82, 2.24) is 4.90 Å². The summed E-state index contributed by atoms with van der Waals surface area (Å²) in [4.78, 5) is 2.21. The minimum Gasteiger partial charge on any atom is -0.507 e. The highest BCUT2D eigenvalue weighted by atomic mass is 16.5. The maximum absolute atomic E-state index is 9.84. The third-order valence-electron chi connectivity index (χ3n) is 3.30. The van der Waals surface area contributed by atoms with Crippen LogP contribution < -0.4 is 0 Å². The minimum absolute atomic E-state index is 0.0115. The van der Waals surface area contributed by atoms with E-state index < -0.39 is 0 Å². The molecule has 0 spiro atoms. The van der Waals surface area contributed by atoms with Gasteiger partial charge in [-0.1, -0.05) is 6.07 Å². The first-order valence-corrected chi connectivity index (χ1v) is 5.96. The van der Waals surface area contributed by atoms with Crippen molar-refractivity contribution in [3.63, 3.8) is 0 Å². The van der Waals surface area contributed by atoms with E-state index in [4.69, 9.17) is 4.74 Å².